The van der Waals surface area contributed by atoms with Crippen molar-refractivity contribution < 1.29 is 17.4 Å². The van der Waals surface area contributed by atoms with E-state index in [4.69, 9.17) is 27.4 Å². The van der Waals surface area contributed by atoms with Crippen LogP contribution in [0.15, 0.2) is 41.3 Å². The molecule has 0 saturated carbocycles. The lowest BCUT2D eigenvalue weighted by Crippen LogP contribution is -2.10. The molecule has 0 unspecified atom stereocenters. The van der Waals surface area contributed by atoms with Gasteiger partial charge >= 0.3 is 10.1 Å². The summed E-state index contributed by atoms with van der Waals surface area (Å²) >= 11 is 11.8. The van der Waals surface area contributed by atoms with Crippen LogP contribution in [0.5, 0.6) is 5.75 Å². The van der Waals surface area contributed by atoms with Gasteiger partial charge in [-0.2, -0.15) is 8.42 Å². The number of carbonyl (C=O) groups excluding carboxylic acids is 1. The molecule has 0 atom stereocenters. The zero-order chi connectivity index (χ0) is 15.6. The second-order valence-corrected chi connectivity index (χ2v) is 6.64. The van der Waals surface area contributed by atoms with Gasteiger partial charge in [0.25, 0.3) is 0 Å². The second-order valence-electron chi connectivity index (χ2n) is 4.28. The molecule has 0 spiro atoms. The fraction of sp³-hybridized carbons (Fsp3) is 0.0714. The van der Waals surface area contributed by atoms with E-state index >= 15 is 0 Å². The molecule has 0 radical (unpaired) electrons. The molecule has 2 aromatic rings. The number of hydrogen-bond acceptors (Lipinski definition) is 4. The first-order chi connectivity index (χ1) is 9.83. The number of rotatable bonds is 4. The van der Waals surface area contributed by atoms with E-state index in [1.165, 1.54) is 24.3 Å². The zero-order valence-electron chi connectivity index (χ0n) is 10.8. The van der Waals surface area contributed by atoms with Crippen LogP contribution in [0.4, 0.5) is 0 Å². The Hall–Kier alpha value is -1.56. The Balaban J connectivity index is 2.41. The van der Waals surface area contributed by atoms with Crippen molar-refractivity contribution in [3.05, 3.63) is 57.6 Å². The quantitative estimate of drug-likeness (QED) is 0.623. The molecule has 2 aromatic carbocycles. The number of benzene rings is 2. The molecule has 0 aromatic heterocycles. The van der Waals surface area contributed by atoms with Crippen LogP contribution in [-0.4, -0.2) is 14.7 Å². The summed E-state index contributed by atoms with van der Waals surface area (Å²) in [7, 11) is -4.05. The van der Waals surface area contributed by atoms with Crippen molar-refractivity contribution in [3.8, 4) is 5.75 Å². The fourth-order valence-electron chi connectivity index (χ4n) is 1.59. The summed E-state index contributed by atoms with van der Waals surface area (Å²) in [6, 6.07) is 8.70. The Morgan fingerprint density at radius 2 is 1.57 bits per heavy atom. The summed E-state index contributed by atoms with van der Waals surface area (Å²) in [4.78, 5) is 10.7. The summed E-state index contributed by atoms with van der Waals surface area (Å²) in [5.74, 6) is -0.204. The van der Waals surface area contributed by atoms with E-state index in [0.29, 0.717) is 6.29 Å². The molecule has 0 aliphatic rings. The van der Waals surface area contributed by atoms with E-state index in [1.54, 1.807) is 12.1 Å². The minimum Gasteiger partial charge on any atom is -0.376 e. The molecule has 0 fully saturated rings. The Morgan fingerprint density at radius 3 is 2.05 bits per heavy atom. The molecule has 0 N–H and O–H groups in total. The largest absolute Gasteiger partial charge is 0.376 e. The van der Waals surface area contributed by atoms with Gasteiger partial charge in [0.05, 0.1) is 10.0 Å². The summed E-state index contributed by atoms with van der Waals surface area (Å²) < 4.78 is 29.3. The molecule has 0 heterocycles. The molecular formula is C14H10Cl2O4S. The fourth-order valence-corrected chi connectivity index (χ4v) is 3.23. The zero-order valence-corrected chi connectivity index (χ0v) is 13.2. The average molecular weight is 345 g/mol. The molecule has 7 heteroatoms. The Labute approximate surface area is 132 Å². The molecular weight excluding hydrogens is 335 g/mol. The SMILES string of the molecule is Cc1ccc(S(=O)(=O)Oc2c(Cl)cc(C=O)cc2Cl)cc1. The van der Waals surface area contributed by atoms with Gasteiger partial charge in [0.15, 0.2) is 5.75 Å². The predicted octanol–water partition coefficient (Wildman–Crippen LogP) is 3.88. The maximum absolute atomic E-state index is 12.2. The van der Waals surface area contributed by atoms with Crippen LogP contribution in [0.3, 0.4) is 0 Å². The molecule has 110 valence electrons. The third-order valence-corrected chi connectivity index (χ3v) is 4.46. The van der Waals surface area contributed by atoms with Crippen LogP contribution >= 0.6 is 23.2 Å². The van der Waals surface area contributed by atoms with Gasteiger partial charge in [-0.15, -0.1) is 0 Å². The summed E-state index contributed by atoms with van der Waals surface area (Å²) in [5, 5.41) is -0.111. The van der Waals surface area contributed by atoms with E-state index < -0.39 is 10.1 Å². The maximum Gasteiger partial charge on any atom is 0.339 e. The van der Waals surface area contributed by atoms with E-state index in [1.807, 2.05) is 6.92 Å². The maximum atomic E-state index is 12.2. The molecule has 0 bridgehead atoms. The lowest BCUT2D eigenvalue weighted by molar-refractivity contribution is 0.112. The van der Waals surface area contributed by atoms with E-state index in [-0.39, 0.29) is 26.3 Å². The van der Waals surface area contributed by atoms with E-state index in [2.05, 4.69) is 0 Å². The van der Waals surface area contributed by atoms with Crippen molar-refractivity contribution in [3.63, 3.8) is 0 Å². The molecule has 2 rings (SSSR count). The van der Waals surface area contributed by atoms with Gasteiger partial charge in [-0.1, -0.05) is 40.9 Å². The number of halogens is 2. The molecule has 21 heavy (non-hydrogen) atoms. The number of aldehydes is 1. The van der Waals surface area contributed by atoms with Crippen molar-refractivity contribution >= 4 is 39.6 Å². The third-order valence-electron chi connectivity index (χ3n) is 2.66. The van der Waals surface area contributed by atoms with Crippen molar-refractivity contribution in [1.29, 1.82) is 0 Å². The minimum absolute atomic E-state index is 0.0142. The van der Waals surface area contributed by atoms with Crippen LogP contribution in [0.1, 0.15) is 15.9 Å². The lowest BCUT2D eigenvalue weighted by Gasteiger charge is -2.10. The Kier molecular flexibility index (Phi) is 4.56. The van der Waals surface area contributed by atoms with Crippen LogP contribution in [0.2, 0.25) is 10.0 Å². The Morgan fingerprint density at radius 1 is 1.05 bits per heavy atom. The minimum atomic E-state index is -4.05. The van der Waals surface area contributed by atoms with E-state index in [9.17, 15) is 13.2 Å². The van der Waals surface area contributed by atoms with Crippen LogP contribution in [0, 0.1) is 6.92 Å². The number of hydrogen-bond donors (Lipinski definition) is 0. The third kappa shape index (κ3) is 3.56. The normalized spacial score (nSPS) is 11.2. The molecule has 0 amide bonds. The predicted molar refractivity (Wildman–Crippen MR) is 80.8 cm³/mol. The van der Waals surface area contributed by atoms with Gasteiger partial charge in [-0.25, -0.2) is 0 Å². The van der Waals surface area contributed by atoms with Gasteiger partial charge in [-0.3, -0.25) is 4.79 Å². The Bertz CT molecular complexity index is 760. The van der Waals surface area contributed by atoms with Crippen molar-refractivity contribution in [2.24, 2.45) is 0 Å². The summed E-state index contributed by atoms with van der Waals surface area (Å²) in [6.07, 6.45) is 0.552. The number of aryl methyl sites for hydroxylation is 1. The first kappa shape index (κ1) is 15.8. The van der Waals surface area contributed by atoms with E-state index in [0.717, 1.165) is 5.56 Å². The first-order valence-corrected chi connectivity index (χ1v) is 7.95. The topological polar surface area (TPSA) is 60.4 Å². The lowest BCUT2D eigenvalue weighted by atomic mass is 10.2. The van der Waals surface area contributed by atoms with Crippen molar-refractivity contribution in [2.45, 2.75) is 11.8 Å². The molecule has 0 saturated heterocycles. The second kappa shape index (κ2) is 6.05. The summed E-state index contributed by atoms with van der Waals surface area (Å²) in [5.41, 5.74) is 1.14. The van der Waals surface area contributed by atoms with Gasteiger partial charge in [0.1, 0.15) is 11.2 Å². The monoisotopic (exact) mass is 344 g/mol. The molecule has 4 nitrogen and oxygen atoms in total. The highest BCUT2D eigenvalue weighted by atomic mass is 35.5. The van der Waals surface area contributed by atoms with Gasteiger partial charge in [0.2, 0.25) is 0 Å². The highest BCUT2D eigenvalue weighted by Gasteiger charge is 2.20. The standard InChI is InChI=1S/C14H10Cl2O4S/c1-9-2-4-11(5-3-9)21(18,19)20-14-12(15)6-10(8-17)7-13(14)16/h2-8H,1H3. The highest BCUT2D eigenvalue weighted by Crippen LogP contribution is 2.35. The van der Waals surface area contributed by atoms with Crippen LogP contribution in [-0.2, 0) is 10.1 Å². The summed E-state index contributed by atoms with van der Waals surface area (Å²) in [6.45, 7) is 1.84. The van der Waals surface area contributed by atoms with Crippen molar-refractivity contribution in [1.82, 2.24) is 0 Å². The highest BCUT2D eigenvalue weighted by molar-refractivity contribution is 7.87. The van der Waals surface area contributed by atoms with Gasteiger partial charge < -0.3 is 4.18 Å². The molecule has 0 aliphatic heterocycles. The van der Waals surface area contributed by atoms with Gasteiger partial charge in [0, 0.05) is 5.56 Å². The first-order valence-electron chi connectivity index (χ1n) is 5.79. The smallest absolute Gasteiger partial charge is 0.339 e. The van der Waals surface area contributed by atoms with Crippen LogP contribution < -0.4 is 4.18 Å². The van der Waals surface area contributed by atoms with Crippen LogP contribution in [0.25, 0.3) is 0 Å². The van der Waals surface area contributed by atoms with Crippen molar-refractivity contribution in [2.75, 3.05) is 0 Å². The average Bonchev–Trinajstić information content (AvgIpc) is 2.43. The molecule has 0 aliphatic carbocycles. The van der Waals surface area contributed by atoms with Gasteiger partial charge in [-0.05, 0) is 31.2 Å². The number of carbonyl (C=O) groups is 1.